The third kappa shape index (κ3) is 2.88. The van der Waals surface area contributed by atoms with Gasteiger partial charge in [0, 0.05) is 12.6 Å². The van der Waals surface area contributed by atoms with Crippen LogP contribution in [0, 0.1) is 6.92 Å². The number of ether oxygens (including phenoxy) is 3. The summed E-state index contributed by atoms with van der Waals surface area (Å²) < 4.78 is 15.8. The van der Waals surface area contributed by atoms with Crippen LogP contribution in [0.2, 0.25) is 0 Å². The Labute approximate surface area is 112 Å². The summed E-state index contributed by atoms with van der Waals surface area (Å²) in [6.45, 7) is 3.60. The molecule has 0 amide bonds. The summed E-state index contributed by atoms with van der Waals surface area (Å²) in [6.07, 6.45) is 0. The summed E-state index contributed by atoms with van der Waals surface area (Å²) in [5, 5.41) is 3.16. The van der Waals surface area contributed by atoms with Gasteiger partial charge in [0.25, 0.3) is 0 Å². The molecule has 5 nitrogen and oxygen atoms in total. The number of nitrogens with one attached hydrogen (secondary N) is 1. The van der Waals surface area contributed by atoms with Crippen molar-refractivity contribution in [3.8, 4) is 11.5 Å². The van der Waals surface area contributed by atoms with Gasteiger partial charge >= 0.3 is 0 Å². The number of aryl methyl sites for hydroxylation is 1. The molecule has 1 aliphatic rings. The van der Waals surface area contributed by atoms with Crippen LogP contribution in [0.5, 0.6) is 11.5 Å². The molecule has 0 aliphatic carbocycles. The molecular weight excluding hydrogens is 246 g/mol. The third-order valence-corrected chi connectivity index (χ3v) is 3.21. The van der Waals surface area contributed by atoms with Gasteiger partial charge in [-0.2, -0.15) is 0 Å². The molecule has 104 valence electrons. The van der Waals surface area contributed by atoms with Gasteiger partial charge in [-0.1, -0.05) is 0 Å². The first kappa shape index (κ1) is 13.8. The maximum absolute atomic E-state index is 12.5. The minimum absolute atomic E-state index is 0.00305. The number of hydrogen-bond acceptors (Lipinski definition) is 5. The van der Waals surface area contributed by atoms with E-state index in [1.165, 1.54) is 0 Å². The SMILES string of the molecule is COc1cc(C)c(C(=O)C2COCCN2)c(OC)c1. The highest BCUT2D eigenvalue weighted by Gasteiger charge is 2.26. The number of benzene rings is 1. The van der Waals surface area contributed by atoms with Gasteiger partial charge < -0.3 is 19.5 Å². The molecule has 19 heavy (non-hydrogen) atoms. The Bertz CT molecular complexity index is 467. The van der Waals surface area contributed by atoms with Crippen molar-refractivity contribution in [2.75, 3.05) is 34.0 Å². The zero-order chi connectivity index (χ0) is 13.8. The summed E-state index contributed by atoms with van der Waals surface area (Å²) >= 11 is 0. The lowest BCUT2D eigenvalue weighted by Gasteiger charge is -2.24. The highest BCUT2D eigenvalue weighted by molar-refractivity contribution is 6.04. The van der Waals surface area contributed by atoms with Gasteiger partial charge in [-0.25, -0.2) is 0 Å². The molecule has 1 unspecified atom stereocenters. The Hall–Kier alpha value is -1.59. The monoisotopic (exact) mass is 265 g/mol. The molecule has 1 atom stereocenters. The Morgan fingerprint density at radius 1 is 1.37 bits per heavy atom. The fourth-order valence-corrected chi connectivity index (χ4v) is 2.23. The largest absolute Gasteiger partial charge is 0.497 e. The molecular formula is C14H19NO4. The standard InChI is InChI=1S/C14H19NO4/c1-9-6-10(17-2)7-12(18-3)13(9)14(16)11-8-19-5-4-15-11/h6-7,11,15H,4-5,8H2,1-3H3. The average Bonchev–Trinajstić information content (AvgIpc) is 2.46. The van der Waals surface area contributed by atoms with E-state index in [2.05, 4.69) is 5.32 Å². The minimum atomic E-state index is -0.310. The van der Waals surface area contributed by atoms with Crippen molar-refractivity contribution in [2.24, 2.45) is 0 Å². The van der Waals surface area contributed by atoms with Crippen molar-refractivity contribution >= 4 is 5.78 Å². The first-order chi connectivity index (χ1) is 9.17. The number of rotatable bonds is 4. The molecule has 0 bridgehead atoms. The maximum atomic E-state index is 12.5. The van der Waals surface area contributed by atoms with Crippen molar-refractivity contribution in [3.63, 3.8) is 0 Å². The second-order valence-electron chi connectivity index (χ2n) is 4.47. The number of Topliss-reactive ketones (excluding diaryl/α,β-unsaturated/α-hetero) is 1. The second kappa shape index (κ2) is 6.04. The second-order valence-corrected chi connectivity index (χ2v) is 4.47. The van der Waals surface area contributed by atoms with E-state index in [4.69, 9.17) is 14.2 Å². The molecule has 5 heteroatoms. The van der Waals surface area contributed by atoms with Gasteiger partial charge in [-0.3, -0.25) is 4.79 Å². The summed E-state index contributed by atoms with van der Waals surface area (Å²) in [5.74, 6) is 1.21. The molecule has 0 spiro atoms. The number of morpholine rings is 1. The lowest BCUT2D eigenvalue weighted by Crippen LogP contribution is -2.46. The molecule has 1 heterocycles. The minimum Gasteiger partial charge on any atom is -0.497 e. The predicted octanol–water partition coefficient (Wildman–Crippen LogP) is 1.18. The van der Waals surface area contributed by atoms with Crippen molar-refractivity contribution in [3.05, 3.63) is 23.3 Å². The normalized spacial score (nSPS) is 19.0. The third-order valence-electron chi connectivity index (χ3n) is 3.21. The van der Waals surface area contributed by atoms with Gasteiger partial charge in [-0.05, 0) is 18.6 Å². The highest BCUT2D eigenvalue weighted by Crippen LogP contribution is 2.29. The average molecular weight is 265 g/mol. The Morgan fingerprint density at radius 3 is 2.74 bits per heavy atom. The van der Waals surface area contributed by atoms with E-state index in [-0.39, 0.29) is 11.8 Å². The zero-order valence-electron chi connectivity index (χ0n) is 11.5. The quantitative estimate of drug-likeness (QED) is 0.829. The van der Waals surface area contributed by atoms with Crippen LogP contribution in [0.25, 0.3) is 0 Å². The maximum Gasteiger partial charge on any atom is 0.186 e. The highest BCUT2D eigenvalue weighted by atomic mass is 16.5. The summed E-state index contributed by atoms with van der Waals surface area (Å²) in [6, 6.07) is 3.25. The summed E-state index contributed by atoms with van der Waals surface area (Å²) in [5.41, 5.74) is 1.43. The van der Waals surface area contributed by atoms with Crippen molar-refractivity contribution in [1.82, 2.24) is 5.32 Å². The van der Waals surface area contributed by atoms with E-state index < -0.39 is 0 Å². The van der Waals surface area contributed by atoms with Crippen LogP contribution < -0.4 is 14.8 Å². The molecule has 0 saturated carbocycles. The Morgan fingerprint density at radius 2 is 2.16 bits per heavy atom. The van der Waals surface area contributed by atoms with Crippen LogP contribution in [-0.4, -0.2) is 45.8 Å². The molecule has 0 radical (unpaired) electrons. The van der Waals surface area contributed by atoms with Crippen LogP contribution in [0.15, 0.2) is 12.1 Å². The lowest BCUT2D eigenvalue weighted by molar-refractivity contribution is 0.0605. The Balaban J connectivity index is 2.34. The molecule has 0 aromatic heterocycles. The lowest BCUT2D eigenvalue weighted by atomic mass is 9.98. The number of carbonyl (C=O) groups excluding carboxylic acids is 1. The van der Waals surface area contributed by atoms with Crippen molar-refractivity contribution in [2.45, 2.75) is 13.0 Å². The fourth-order valence-electron chi connectivity index (χ4n) is 2.23. The van der Waals surface area contributed by atoms with Gasteiger partial charge in [0.15, 0.2) is 5.78 Å². The van der Waals surface area contributed by atoms with E-state index in [0.29, 0.717) is 36.8 Å². The number of ketones is 1. The summed E-state index contributed by atoms with van der Waals surface area (Å²) in [4.78, 5) is 12.5. The van der Waals surface area contributed by atoms with Crippen LogP contribution in [0.1, 0.15) is 15.9 Å². The number of carbonyl (C=O) groups is 1. The molecule has 1 fully saturated rings. The van der Waals surface area contributed by atoms with Crippen molar-refractivity contribution in [1.29, 1.82) is 0 Å². The van der Waals surface area contributed by atoms with E-state index in [1.807, 2.05) is 13.0 Å². The van der Waals surface area contributed by atoms with Gasteiger partial charge in [0.05, 0.1) is 39.0 Å². The predicted molar refractivity (Wildman–Crippen MR) is 71.2 cm³/mol. The Kier molecular flexibility index (Phi) is 4.39. The van der Waals surface area contributed by atoms with E-state index in [1.54, 1.807) is 20.3 Å². The zero-order valence-corrected chi connectivity index (χ0v) is 11.5. The van der Waals surface area contributed by atoms with Crippen molar-refractivity contribution < 1.29 is 19.0 Å². The molecule has 1 saturated heterocycles. The van der Waals surface area contributed by atoms with Gasteiger partial charge in [0.1, 0.15) is 11.5 Å². The molecule has 1 N–H and O–H groups in total. The van der Waals surface area contributed by atoms with E-state index in [0.717, 1.165) is 5.56 Å². The van der Waals surface area contributed by atoms with Gasteiger partial charge in [0.2, 0.25) is 0 Å². The van der Waals surface area contributed by atoms with E-state index in [9.17, 15) is 4.79 Å². The fraction of sp³-hybridized carbons (Fsp3) is 0.500. The molecule has 2 rings (SSSR count). The van der Waals surface area contributed by atoms with Crippen LogP contribution in [-0.2, 0) is 4.74 Å². The molecule has 1 aromatic rings. The van der Waals surface area contributed by atoms with Crippen LogP contribution in [0.4, 0.5) is 0 Å². The number of hydrogen-bond donors (Lipinski definition) is 1. The number of methoxy groups -OCH3 is 2. The molecule has 1 aromatic carbocycles. The first-order valence-electron chi connectivity index (χ1n) is 6.25. The summed E-state index contributed by atoms with van der Waals surface area (Å²) in [7, 11) is 3.14. The molecule has 1 aliphatic heterocycles. The van der Waals surface area contributed by atoms with Crippen LogP contribution >= 0.6 is 0 Å². The smallest absolute Gasteiger partial charge is 0.186 e. The van der Waals surface area contributed by atoms with E-state index >= 15 is 0 Å². The van der Waals surface area contributed by atoms with Gasteiger partial charge in [-0.15, -0.1) is 0 Å². The van der Waals surface area contributed by atoms with Crippen LogP contribution in [0.3, 0.4) is 0 Å². The first-order valence-corrected chi connectivity index (χ1v) is 6.25. The topological polar surface area (TPSA) is 56.8 Å².